The molecule has 3 aromatic rings. The van der Waals surface area contributed by atoms with Crippen LogP contribution >= 0.6 is 0 Å². The van der Waals surface area contributed by atoms with Crippen LogP contribution in [0.4, 0.5) is 0 Å². The quantitative estimate of drug-likeness (QED) is 0.374. The highest BCUT2D eigenvalue weighted by Crippen LogP contribution is 2.22. The first-order valence-electron chi connectivity index (χ1n) is 8.18. The van der Waals surface area contributed by atoms with Crippen molar-refractivity contribution >= 4 is 22.0 Å². The molecule has 0 bridgehead atoms. The van der Waals surface area contributed by atoms with Crippen molar-refractivity contribution in [3.05, 3.63) is 90.0 Å². The van der Waals surface area contributed by atoms with Crippen molar-refractivity contribution < 1.29 is 27.6 Å². The predicted octanol–water partition coefficient (Wildman–Crippen LogP) is 3.76. The minimum atomic E-state index is -4.10. The second-order valence-electron chi connectivity index (χ2n) is 5.85. The lowest BCUT2D eigenvalue weighted by Crippen LogP contribution is -2.09. The molecule has 0 unspecified atom stereocenters. The molecular formula is C21H16O6S. The van der Waals surface area contributed by atoms with Crippen molar-refractivity contribution in [1.29, 1.82) is 0 Å². The third-order valence-corrected chi connectivity index (χ3v) is 4.99. The topological polar surface area (TPSA) is 101 Å². The number of hydrogen-bond donors (Lipinski definition) is 2. The van der Waals surface area contributed by atoms with E-state index in [0.717, 1.165) is 6.07 Å². The molecule has 3 rings (SSSR count). The third kappa shape index (κ3) is 4.77. The molecule has 0 aliphatic carbocycles. The van der Waals surface area contributed by atoms with E-state index in [0.29, 0.717) is 11.1 Å². The maximum atomic E-state index is 12.2. The van der Waals surface area contributed by atoms with Gasteiger partial charge >= 0.3 is 10.1 Å². The van der Waals surface area contributed by atoms with Crippen LogP contribution in [-0.2, 0) is 10.1 Å². The minimum Gasteiger partial charge on any atom is -0.508 e. The molecule has 0 spiro atoms. The van der Waals surface area contributed by atoms with Crippen LogP contribution in [0.2, 0.25) is 0 Å². The van der Waals surface area contributed by atoms with Gasteiger partial charge in [0.15, 0.2) is 5.78 Å². The van der Waals surface area contributed by atoms with Gasteiger partial charge in [0.25, 0.3) is 0 Å². The van der Waals surface area contributed by atoms with Gasteiger partial charge in [0.2, 0.25) is 0 Å². The fraction of sp³-hybridized carbons (Fsp3) is 0. The molecule has 28 heavy (non-hydrogen) atoms. The summed E-state index contributed by atoms with van der Waals surface area (Å²) < 4.78 is 29.5. The van der Waals surface area contributed by atoms with Crippen LogP contribution < -0.4 is 4.18 Å². The van der Waals surface area contributed by atoms with Gasteiger partial charge in [-0.1, -0.05) is 24.3 Å². The van der Waals surface area contributed by atoms with E-state index in [1.807, 2.05) is 0 Å². The van der Waals surface area contributed by atoms with Gasteiger partial charge in [-0.05, 0) is 60.2 Å². The zero-order valence-electron chi connectivity index (χ0n) is 14.5. The lowest BCUT2D eigenvalue weighted by Gasteiger charge is -2.07. The standard InChI is InChI=1S/C21H16O6S/c22-17-4-1-3-15(13-17)7-12-21(24)16-8-10-19(11-9-16)27-28(25,26)20-6-2-5-18(23)14-20/h1-14,22-23H. The molecule has 6 nitrogen and oxygen atoms in total. The highest BCUT2D eigenvalue weighted by atomic mass is 32.2. The Morgan fingerprint density at radius 3 is 2.14 bits per heavy atom. The van der Waals surface area contributed by atoms with Crippen LogP contribution in [0.25, 0.3) is 6.08 Å². The number of carbonyl (C=O) groups excluding carboxylic acids is 1. The molecule has 3 aromatic carbocycles. The average molecular weight is 396 g/mol. The smallest absolute Gasteiger partial charge is 0.339 e. The maximum Gasteiger partial charge on any atom is 0.339 e. The molecule has 2 N–H and O–H groups in total. The van der Waals surface area contributed by atoms with Crippen LogP contribution in [0.5, 0.6) is 17.2 Å². The zero-order valence-corrected chi connectivity index (χ0v) is 15.3. The van der Waals surface area contributed by atoms with Crippen LogP contribution in [0, 0.1) is 0 Å². The van der Waals surface area contributed by atoms with E-state index in [1.54, 1.807) is 18.2 Å². The van der Waals surface area contributed by atoms with E-state index in [1.165, 1.54) is 60.7 Å². The Labute approximate surface area is 162 Å². The number of allylic oxidation sites excluding steroid dienone is 1. The number of ketones is 1. The fourth-order valence-corrected chi connectivity index (χ4v) is 3.36. The third-order valence-electron chi connectivity index (χ3n) is 3.75. The molecular weight excluding hydrogens is 380 g/mol. The Morgan fingerprint density at radius 1 is 0.857 bits per heavy atom. The summed E-state index contributed by atoms with van der Waals surface area (Å²) in [7, 11) is -4.10. The van der Waals surface area contributed by atoms with Crippen molar-refractivity contribution in [2.24, 2.45) is 0 Å². The highest BCUT2D eigenvalue weighted by Gasteiger charge is 2.17. The Kier molecular flexibility index (Phi) is 5.47. The Bertz CT molecular complexity index is 1130. The molecule has 0 amide bonds. The molecule has 0 fully saturated rings. The largest absolute Gasteiger partial charge is 0.508 e. The molecule has 7 heteroatoms. The van der Waals surface area contributed by atoms with Gasteiger partial charge in [-0.2, -0.15) is 8.42 Å². The van der Waals surface area contributed by atoms with Crippen molar-refractivity contribution in [1.82, 2.24) is 0 Å². The lowest BCUT2D eigenvalue weighted by molar-refractivity contribution is 0.104. The summed E-state index contributed by atoms with van der Waals surface area (Å²) in [5, 5.41) is 18.8. The number of carbonyl (C=O) groups is 1. The van der Waals surface area contributed by atoms with Crippen LogP contribution in [0.3, 0.4) is 0 Å². The second-order valence-corrected chi connectivity index (χ2v) is 7.40. The van der Waals surface area contributed by atoms with Crippen molar-refractivity contribution in [3.63, 3.8) is 0 Å². The van der Waals surface area contributed by atoms with Gasteiger partial charge in [-0.3, -0.25) is 4.79 Å². The average Bonchev–Trinajstić information content (AvgIpc) is 2.66. The predicted molar refractivity (Wildman–Crippen MR) is 104 cm³/mol. The molecule has 0 saturated heterocycles. The first-order valence-corrected chi connectivity index (χ1v) is 9.59. The van der Waals surface area contributed by atoms with Gasteiger partial charge in [0.1, 0.15) is 22.1 Å². The number of aromatic hydroxyl groups is 2. The molecule has 0 aromatic heterocycles. The molecule has 0 aliphatic heterocycles. The van der Waals surface area contributed by atoms with E-state index in [-0.39, 0.29) is 27.9 Å². The van der Waals surface area contributed by atoms with E-state index in [9.17, 15) is 23.4 Å². The van der Waals surface area contributed by atoms with E-state index < -0.39 is 10.1 Å². The Balaban J connectivity index is 1.71. The van der Waals surface area contributed by atoms with Crippen LogP contribution in [-0.4, -0.2) is 24.4 Å². The molecule has 0 radical (unpaired) electrons. The van der Waals surface area contributed by atoms with E-state index in [4.69, 9.17) is 4.18 Å². The number of hydrogen-bond acceptors (Lipinski definition) is 6. The molecule has 142 valence electrons. The van der Waals surface area contributed by atoms with Crippen LogP contribution in [0.1, 0.15) is 15.9 Å². The van der Waals surface area contributed by atoms with Crippen molar-refractivity contribution in [3.8, 4) is 17.2 Å². The van der Waals surface area contributed by atoms with E-state index in [2.05, 4.69) is 0 Å². The van der Waals surface area contributed by atoms with Gasteiger partial charge in [-0.25, -0.2) is 0 Å². The Hall–Kier alpha value is -3.58. The lowest BCUT2D eigenvalue weighted by atomic mass is 10.1. The van der Waals surface area contributed by atoms with E-state index >= 15 is 0 Å². The molecule has 0 heterocycles. The van der Waals surface area contributed by atoms with Gasteiger partial charge in [0.05, 0.1) is 0 Å². The van der Waals surface area contributed by atoms with Gasteiger partial charge in [0, 0.05) is 11.6 Å². The van der Waals surface area contributed by atoms with Gasteiger partial charge in [-0.15, -0.1) is 0 Å². The monoisotopic (exact) mass is 396 g/mol. The van der Waals surface area contributed by atoms with Gasteiger partial charge < -0.3 is 14.4 Å². The number of phenolic OH excluding ortho intramolecular Hbond substituents is 2. The minimum absolute atomic E-state index is 0.0388. The van der Waals surface area contributed by atoms with Crippen molar-refractivity contribution in [2.75, 3.05) is 0 Å². The van der Waals surface area contributed by atoms with Crippen LogP contribution in [0.15, 0.2) is 83.8 Å². The number of phenols is 2. The summed E-state index contributed by atoms with van der Waals surface area (Å²) in [5.41, 5.74) is 1.02. The summed E-state index contributed by atoms with van der Waals surface area (Å²) in [6, 6.07) is 17.2. The summed E-state index contributed by atoms with van der Waals surface area (Å²) in [5.74, 6) is -0.337. The van der Waals surface area contributed by atoms with Crippen molar-refractivity contribution in [2.45, 2.75) is 4.90 Å². The molecule has 0 aliphatic rings. The Morgan fingerprint density at radius 2 is 1.50 bits per heavy atom. The summed E-state index contributed by atoms with van der Waals surface area (Å²) >= 11 is 0. The highest BCUT2D eigenvalue weighted by molar-refractivity contribution is 7.87. The molecule has 0 saturated carbocycles. The second kappa shape index (κ2) is 7.98. The number of rotatable bonds is 6. The number of benzene rings is 3. The summed E-state index contributed by atoms with van der Waals surface area (Å²) in [4.78, 5) is 12.0. The SMILES string of the molecule is O=C(C=Cc1cccc(O)c1)c1ccc(OS(=O)(=O)c2cccc(O)c2)cc1. The maximum absolute atomic E-state index is 12.2. The summed E-state index contributed by atoms with van der Waals surface area (Å²) in [6.07, 6.45) is 2.92. The first kappa shape index (κ1) is 19.2. The fourth-order valence-electron chi connectivity index (χ4n) is 2.39. The summed E-state index contributed by atoms with van der Waals surface area (Å²) in [6.45, 7) is 0. The molecule has 0 atom stereocenters. The first-order chi connectivity index (χ1) is 13.3. The zero-order chi connectivity index (χ0) is 20.1. The normalized spacial score (nSPS) is 11.4.